The first-order chi connectivity index (χ1) is 5.21. The molecule has 3 heteroatoms. The maximum atomic E-state index is 10.5. The average Bonchev–Trinajstić information content (AvgIpc) is 2.70. The predicted molar refractivity (Wildman–Crippen MR) is 39.0 cm³/mol. The van der Waals surface area contributed by atoms with Crippen LogP contribution in [0.5, 0.6) is 0 Å². The molecule has 1 rings (SSSR count). The van der Waals surface area contributed by atoms with Gasteiger partial charge in [0.25, 0.3) is 0 Å². The Morgan fingerprint density at radius 3 is 2.73 bits per heavy atom. The van der Waals surface area contributed by atoms with Gasteiger partial charge in [-0.3, -0.25) is 0 Å². The minimum absolute atomic E-state index is 0.350. The van der Waals surface area contributed by atoms with E-state index in [2.05, 4.69) is 5.92 Å². The van der Waals surface area contributed by atoms with E-state index in [1.165, 1.54) is 0 Å². The molecule has 0 saturated heterocycles. The van der Waals surface area contributed by atoms with Crippen molar-refractivity contribution < 1.29 is 14.6 Å². The number of carboxylic acids is 1. The van der Waals surface area contributed by atoms with Gasteiger partial charge in [-0.25, -0.2) is 4.79 Å². The summed E-state index contributed by atoms with van der Waals surface area (Å²) in [7, 11) is 0. The number of hydrogen-bond donors (Lipinski definition) is 1. The van der Waals surface area contributed by atoms with Gasteiger partial charge in [-0.1, -0.05) is 0 Å². The zero-order valence-electron chi connectivity index (χ0n) is 6.17. The van der Waals surface area contributed by atoms with Gasteiger partial charge in [-0.15, -0.1) is 12.3 Å². The van der Waals surface area contributed by atoms with Crippen molar-refractivity contribution >= 4 is 5.97 Å². The second-order valence-electron chi connectivity index (χ2n) is 2.60. The van der Waals surface area contributed by atoms with Crippen molar-refractivity contribution in [3.63, 3.8) is 0 Å². The molecule has 60 valence electrons. The van der Waals surface area contributed by atoms with Gasteiger partial charge >= 0.3 is 5.97 Å². The Morgan fingerprint density at radius 1 is 1.73 bits per heavy atom. The first-order valence-corrected chi connectivity index (χ1v) is 3.52. The monoisotopic (exact) mass is 154 g/mol. The molecule has 0 radical (unpaired) electrons. The first kappa shape index (κ1) is 8.09. The highest BCUT2D eigenvalue weighted by atomic mass is 16.5. The summed E-state index contributed by atoms with van der Waals surface area (Å²) in [5, 5.41) is 8.63. The zero-order valence-corrected chi connectivity index (χ0v) is 6.17. The molecule has 1 fully saturated rings. The van der Waals surface area contributed by atoms with E-state index in [1.807, 2.05) is 0 Å². The van der Waals surface area contributed by atoms with Crippen molar-refractivity contribution in [2.45, 2.75) is 24.9 Å². The molecule has 1 N–H and O–H groups in total. The van der Waals surface area contributed by atoms with Gasteiger partial charge in [0.2, 0.25) is 0 Å². The van der Waals surface area contributed by atoms with Gasteiger partial charge in [0.15, 0.2) is 5.60 Å². The number of hydrogen-bond acceptors (Lipinski definition) is 2. The third kappa shape index (κ3) is 1.72. The fourth-order valence-corrected chi connectivity index (χ4v) is 0.839. The SMILES string of the molecule is C#CCCOC1(C(=O)O)CC1. The van der Waals surface area contributed by atoms with Crippen molar-refractivity contribution in [3.8, 4) is 12.3 Å². The second kappa shape index (κ2) is 2.93. The van der Waals surface area contributed by atoms with Crippen molar-refractivity contribution in [1.29, 1.82) is 0 Å². The standard InChI is InChI=1S/C8H10O3/c1-2-3-6-11-8(4-5-8)7(9)10/h1H,3-6H2,(H,9,10). The van der Waals surface area contributed by atoms with Crippen molar-refractivity contribution in [2.75, 3.05) is 6.61 Å². The van der Waals surface area contributed by atoms with E-state index in [-0.39, 0.29) is 0 Å². The van der Waals surface area contributed by atoms with Crippen molar-refractivity contribution in [1.82, 2.24) is 0 Å². The maximum absolute atomic E-state index is 10.5. The Balaban J connectivity index is 2.26. The Hall–Kier alpha value is -1.01. The van der Waals surface area contributed by atoms with Crippen LogP contribution in [0.2, 0.25) is 0 Å². The Kier molecular flexibility index (Phi) is 2.16. The van der Waals surface area contributed by atoms with Gasteiger partial charge in [0.1, 0.15) is 0 Å². The van der Waals surface area contributed by atoms with E-state index in [0.29, 0.717) is 25.9 Å². The summed E-state index contributed by atoms with van der Waals surface area (Å²) in [4.78, 5) is 10.5. The fourth-order valence-electron chi connectivity index (χ4n) is 0.839. The average molecular weight is 154 g/mol. The van der Waals surface area contributed by atoms with E-state index >= 15 is 0 Å². The van der Waals surface area contributed by atoms with Crippen molar-refractivity contribution in [3.05, 3.63) is 0 Å². The largest absolute Gasteiger partial charge is 0.479 e. The van der Waals surface area contributed by atoms with Crippen LogP contribution >= 0.6 is 0 Å². The molecule has 0 aromatic rings. The molecule has 0 heterocycles. The van der Waals surface area contributed by atoms with Crippen LogP contribution in [-0.4, -0.2) is 23.3 Å². The molecule has 1 aliphatic carbocycles. The summed E-state index contributed by atoms with van der Waals surface area (Å²) in [6.07, 6.45) is 6.69. The molecule has 1 saturated carbocycles. The highest BCUT2D eigenvalue weighted by Crippen LogP contribution is 2.39. The quantitative estimate of drug-likeness (QED) is 0.477. The molecule has 0 amide bonds. The number of ether oxygens (including phenoxy) is 1. The lowest BCUT2D eigenvalue weighted by atomic mass is 10.3. The molecule has 0 spiro atoms. The Morgan fingerprint density at radius 2 is 2.36 bits per heavy atom. The maximum Gasteiger partial charge on any atom is 0.335 e. The molecule has 3 nitrogen and oxygen atoms in total. The Bertz CT molecular complexity index is 198. The summed E-state index contributed by atoms with van der Waals surface area (Å²) in [6.45, 7) is 0.350. The molecule has 0 aromatic heterocycles. The first-order valence-electron chi connectivity index (χ1n) is 3.52. The third-order valence-corrected chi connectivity index (χ3v) is 1.72. The number of terminal acetylenes is 1. The normalized spacial score (nSPS) is 18.8. The molecular weight excluding hydrogens is 144 g/mol. The summed E-state index contributed by atoms with van der Waals surface area (Å²) in [6, 6.07) is 0. The molecule has 1 aliphatic rings. The molecular formula is C8H10O3. The van der Waals surface area contributed by atoms with E-state index in [4.69, 9.17) is 16.3 Å². The van der Waals surface area contributed by atoms with E-state index in [9.17, 15) is 4.79 Å². The van der Waals surface area contributed by atoms with Crippen LogP contribution in [0.3, 0.4) is 0 Å². The predicted octanol–water partition coefficient (Wildman–Crippen LogP) is 0.643. The van der Waals surface area contributed by atoms with Gasteiger partial charge < -0.3 is 9.84 Å². The highest BCUT2D eigenvalue weighted by Gasteiger charge is 2.51. The molecule has 0 unspecified atom stereocenters. The fraction of sp³-hybridized carbons (Fsp3) is 0.625. The lowest BCUT2D eigenvalue weighted by molar-refractivity contribution is -0.153. The van der Waals surface area contributed by atoms with Gasteiger partial charge in [-0.2, -0.15) is 0 Å². The van der Waals surface area contributed by atoms with E-state index in [0.717, 1.165) is 0 Å². The van der Waals surface area contributed by atoms with Gasteiger partial charge in [0, 0.05) is 6.42 Å². The molecule has 0 aliphatic heterocycles. The number of carboxylic acid groups (broad SMARTS) is 1. The molecule has 11 heavy (non-hydrogen) atoms. The van der Waals surface area contributed by atoms with Crippen LogP contribution in [0.25, 0.3) is 0 Å². The molecule has 0 atom stereocenters. The van der Waals surface area contributed by atoms with Crippen molar-refractivity contribution in [2.24, 2.45) is 0 Å². The highest BCUT2D eigenvalue weighted by molar-refractivity contribution is 5.80. The van der Waals surface area contributed by atoms with Crippen LogP contribution in [0.15, 0.2) is 0 Å². The van der Waals surface area contributed by atoms with E-state index in [1.54, 1.807) is 0 Å². The topological polar surface area (TPSA) is 46.5 Å². The lowest BCUT2D eigenvalue weighted by Gasteiger charge is -2.08. The van der Waals surface area contributed by atoms with Crippen LogP contribution in [0.1, 0.15) is 19.3 Å². The smallest absolute Gasteiger partial charge is 0.335 e. The number of carbonyl (C=O) groups is 1. The zero-order chi connectivity index (χ0) is 8.32. The summed E-state index contributed by atoms with van der Waals surface area (Å²) >= 11 is 0. The molecule has 0 aromatic carbocycles. The third-order valence-electron chi connectivity index (χ3n) is 1.72. The minimum Gasteiger partial charge on any atom is -0.479 e. The summed E-state index contributed by atoms with van der Waals surface area (Å²) in [5.74, 6) is 1.52. The Labute approximate surface area is 65.4 Å². The summed E-state index contributed by atoms with van der Waals surface area (Å²) in [5.41, 5.74) is -0.878. The van der Waals surface area contributed by atoms with Gasteiger partial charge in [0.05, 0.1) is 6.61 Å². The number of aliphatic carboxylic acids is 1. The lowest BCUT2D eigenvalue weighted by Crippen LogP contribution is -2.26. The number of rotatable bonds is 4. The second-order valence-corrected chi connectivity index (χ2v) is 2.60. The van der Waals surface area contributed by atoms with Gasteiger partial charge in [-0.05, 0) is 12.8 Å². The van der Waals surface area contributed by atoms with Crippen LogP contribution < -0.4 is 0 Å². The molecule has 0 bridgehead atoms. The summed E-state index contributed by atoms with van der Waals surface area (Å²) < 4.78 is 5.10. The van der Waals surface area contributed by atoms with Crippen LogP contribution in [0, 0.1) is 12.3 Å². The van der Waals surface area contributed by atoms with E-state index < -0.39 is 11.6 Å². The van der Waals surface area contributed by atoms with Crippen LogP contribution in [0.4, 0.5) is 0 Å². The van der Waals surface area contributed by atoms with Crippen LogP contribution in [-0.2, 0) is 9.53 Å². The minimum atomic E-state index is -0.878.